The Balaban J connectivity index is 1.85. The van der Waals surface area contributed by atoms with E-state index < -0.39 is 10.0 Å². The van der Waals surface area contributed by atoms with Crippen molar-refractivity contribution in [2.24, 2.45) is 0 Å². The Hall–Kier alpha value is -2.18. The first kappa shape index (κ1) is 21.5. The van der Waals surface area contributed by atoms with Crippen LogP contribution < -0.4 is 5.32 Å². The molecule has 6 heteroatoms. The van der Waals surface area contributed by atoms with Crippen molar-refractivity contribution in [1.82, 2.24) is 9.62 Å². The highest BCUT2D eigenvalue weighted by atomic mass is 32.2. The van der Waals surface area contributed by atoms with Crippen LogP contribution in [0.25, 0.3) is 0 Å². The van der Waals surface area contributed by atoms with Crippen molar-refractivity contribution in [2.45, 2.75) is 57.4 Å². The third-order valence-electron chi connectivity index (χ3n) is 5.60. The zero-order valence-electron chi connectivity index (χ0n) is 17.4. The third-order valence-corrected chi connectivity index (χ3v) is 7.49. The van der Waals surface area contributed by atoms with E-state index in [1.165, 1.54) is 15.9 Å². The molecule has 29 heavy (non-hydrogen) atoms. The van der Waals surface area contributed by atoms with Crippen molar-refractivity contribution in [3.05, 3.63) is 64.7 Å². The first-order valence-corrected chi connectivity index (χ1v) is 11.7. The molecule has 1 N–H and O–H groups in total. The summed E-state index contributed by atoms with van der Waals surface area (Å²) in [5.41, 5.74) is 3.38. The number of rotatable bonds is 6. The van der Waals surface area contributed by atoms with Gasteiger partial charge in [0.2, 0.25) is 10.0 Å². The number of carbonyl (C=O) groups excluding carboxylic acids is 1. The summed E-state index contributed by atoms with van der Waals surface area (Å²) in [7, 11) is -3.57. The summed E-state index contributed by atoms with van der Waals surface area (Å²) in [6.45, 7) is 6.97. The van der Waals surface area contributed by atoms with Crippen molar-refractivity contribution < 1.29 is 13.2 Å². The molecule has 1 fully saturated rings. The first-order chi connectivity index (χ1) is 13.8. The molecule has 0 unspecified atom stereocenters. The summed E-state index contributed by atoms with van der Waals surface area (Å²) >= 11 is 0. The van der Waals surface area contributed by atoms with Gasteiger partial charge in [0.1, 0.15) is 0 Å². The number of amides is 1. The molecule has 1 atom stereocenters. The van der Waals surface area contributed by atoms with Gasteiger partial charge in [-0.1, -0.05) is 49.2 Å². The Morgan fingerprint density at radius 1 is 1.03 bits per heavy atom. The maximum Gasteiger partial charge on any atom is 0.252 e. The van der Waals surface area contributed by atoms with Crippen molar-refractivity contribution >= 4 is 15.9 Å². The van der Waals surface area contributed by atoms with Crippen molar-refractivity contribution in [3.8, 4) is 0 Å². The number of nitrogens with one attached hydrogen (secondary N) is 1. The minimum atomic E-state index is -3.57. The molecule has 0 radical (unpaired) electrons. The van der Waals surface area contributed by atoms with Crippen LogP contribution in [0.15, 0.2) is 47.4 Å². The van der Waals surface area contributed by atoms with Crippen LogP contribution in [0.1, 0.15) is 65.7 Å². The molecule has 0 aliphatic carbocycles. The smallest absolute Gasteiger partial charge is 0.252 e. The third kappa shape index (κ3) is 4.87. The van der Waals surface area contributed by atoms with E-state index in [0.29, 0.717) is 18.7 Å². The van der Waals surface area contributed by atoms with Gasteiger partial charge in [-0.05, 0) is 56.4 Å². The fourth-order valence-corrected chi connectivity index (χ4v) is 5.26. The molecule has 1 aliphatic rings. The van der Waals surface area contributed by atoms with E-state index in [4.69, 9.17) is 0 Å². The lowest BCUT2D eigenvalue weighted by atomic mass is 10.0. The summed E-state index contributed by atoms with van der Waals surface area (Å²) in [5.74, 6) is -0.245. The average Bonchev–Trinajstić information content (AvgIpc) is 2.73. The van der Waals surface area contributed by atoms with Gasteiger partial charge >= 0.3 is 0 Å². The number of hydrogen-bond donors (Lipinski definition) is 1. The molecule has 1 aliphatic heterocycles. The Morgan fingerprint density at radius 2 is 1.69 bits per heavy atom. The number of hydrogen-bond acceptors (Lipinski definition) is 3. The molecular formula is C23H30N2O3S. The lowest BCUT2D eigenvalue weighted by Crippen LogP contribution is -2.36. The van der Waals surface area contributed by atoms with Crippen LogP contribution in [-0.4, -0.2) is 31.7 Å². The van der Waals surface area contributed by atoms with Gasteiger partial charge in [0.15, 0.2) is 0 Å². The van der Waals surface area contributed by atoms with Gasteiger partial charge in [-0.15, -0.1) is 0 Å². The van der Waals surface area contributed by atoms with E-state index in [2.05, 4.69) is 5.32 Å². The predicted octanol–water partition coefficient (Wildman–Crippen LogP) is 4.36. The minimum absolute atomic E-state index is 0.121. The monoisotopic (exact) mass is 414 g/mol. The van der Waals surface area contributed by atoms with Crippen LogP contribution in [-0.2, 0) is 10.0 Å². The fraction of sp³-hybridized carbons (Fsp3) is 0.435. The molecule has 0 spiro atoms. The molecule has 0 saturated carbocycles. The van der Waals surface area contributed by atoms with E-state index in [1.807, 2.05) is 45.0 Å². The highest BCUT2D eigenvalue weighted by Crippen LogP contribution is 2.24. The van der Waals surface area contributed by atoms with Crippen LogP contribution >= 0.6 is 0 Å². The van der Waals surface area contributed by atoms with Crippen LogP contribution in [0.2, 0.25) is 0 Å². The van der Waals surface area contributed by atoms with Gasteiger partial charge in [0.25, 0.3) is 5.91 Å². The molecule has 1 saturated heterocycles. The molecule has 2 aromatic carbocycles. The van der Waals surface area contributed by atoms with Gasteiger partial charge < -0.3 is 5.32 Å². The first-order valence-electron chi connectivity index (χ1n) is 10.3. The van der Waals surface area contributed by atoms with E-state index in [-0.39, 0.29) is 16.8 Å². The molecule has 0 bridgehead atoms. The summed E-state index contributed by atoms with van der Waals surface area (Å²) in [4.78, 5) is 13.2. The van der Waals surface area contributed by atoms with E-state index in [9.17, 15) is 13.2 Å². The summed E-state index contributed by atoms with van der Waals surface area (Å²) < 4.78 is 27.5. The van der Waals surface area contributed by atoms with Crippen LogP contribution in [0.5, 0.6) is 0 Å². The minimum Gasteiger partial charge on any atom is -0.345 e. The second-order valence-electron chi connectivity index (χ2n) is 7.79. The zero-order chi connectivity index (χ0) is 21.0. The Morgan fingerprint density at radius 3 is 2.31 bits per heavy atom. The average molecular weight is 415 g/mol. The number of carbonyl (C=O) groups is 1. The van der Waals surface area contributed by atoms with E-state index in [0.717, 1.165) is 36.8 Å². The zero-order valence-corrected chi connectivity index (χ0v) is 18.3. The highest BCUT2D eigenvalue weighted by Gasteiger charge is 2.27. The van der Waals surface area contributed by atoms with Crippen molar-refractivity contribution in [3.63, 3.8) is 0 Å². The standard InChI is InChI=1S/C23H30N2O3S/c1-4-22(19-11-8-17(2)9-12-19)24-23(26)21-16-20(13-10-18(21)3)29(27,28)25-14-6-5-7-15-25/h8-13,16,22H,4-7,14-15H2,1-3H3,(H,24,26)/t22-/m1/s1. The topological polar surface area (TPSA) is 66.5 Å². The number of piperidine rings is 1. The molecule has 1 amide bonds. The van der Waals surface area contributed by atoms with Crippen LogP contribution in [0.3, 0.4) is 0 Å². The van der Waals surface area contributed by atoms with Gasteiger partial charge in [0, 0.05) is 18.7 Å². The Bertz CT molecular complexity index is 962. The second kappa shape index (κ2) is 9.09. The highest BCUT2D eigenvalue weighted by molar-refractivity contribution is 7.89. The lowest BCUT2D eigenvalue weighted by Gasteiger charge is -2.26. The lowest BCUT2D eigenvalue weighted by molar-refractivity contribution is 0.0934. The molecule has 156 valence electrons. The quantitative estimate of drug-likeness (QED) is 0.764. The molecule has 5 nitrogen and oxygen atoms in total. The van der Waals surface area contributed by atoms with Gasteiger partial charge in [-0.2, -0.15) is 4.31 Å². The maximum atomic E-state index is 13.0. The number of benzene rings is 2. The Labute approximate surface area is 174 Å². The van der Waals surface area contributed by atoms with Crippen LogP contribution in [0, 0.1) is 13.8 Å². The predicted molar refractivity (Wildman–Crippen MR) is 115 cm³/mol. The molecule has 3 rings (SSSR count). The van der Waals surface area contributed by atoms with E-state index >= 15 is 0 Å². The Kier molecular flexibility index (Phi) is 6.75. The summed E-state index contributed by atoms with van der Waals surface area (Å²) in [6.07, 6.45) is 3.57. The SMILES string of the molecule is CC[C@@H](NC(=O)c1cc(S(=O)(=O)N2CCCCC2)ccc1C)c1ccc(C)cc1. The van der Waals surface area contributed by atoms with Crippen LogP contribution in [0.4, 0.5) is 0 Å². The summed E-state index contributed by atoms with van der Waals surface area (Å²) in [5, 5.41) is 3.07. The number of sulfonamides is 1. The number of nitrogens with zero attached hydrogens (tertiary/aromatic N) is 1. The maximum absolute atomic E-state index is 13.0. The van der Waals surface area contributed by atoms with Crippen molar-refractivity contribution in [2.75, 3.05) is 13.1 Å². The van der Waals surface area contributed by atoms with E-state index in [1.54, 1.807) is 12.1 Å². The van der Waals surface area contributed by atoms with Gasteiger partial charge in [-0.25, -0.2) is 8.42 Å². The summed E-state index contributed by atoms with van der Waals surface area (Å²) in [6, 6.07) is 12.8. The normalized spacial score (nSPS) is 16.4. The largest absolute Gasteiger partial charge is 0.345 e. The van der Waals surface area contributed by atoms with Gasteiger partial charge in [-0.3, -0.25) is 4.79 Å². The van der Waals surface area contributed by atoms with Gasteiger partial charge in [0.05, 0.1) is 10.9 Å². The molecule has 2 aromatic rings. The molecular weight excluding hydrogens is 384 g/mol. The fourth-order valence-electron chi connectivity index (χ4n) is 3.72. The molecule has 0 aromatic heterocycles. The molecule has 1 heterocycles. The second-order valence-corrected chi connectivity index (χ2v) is 9.72. The number of aryl methyl sites for hydroxylation is 2. The van der Waals surface area contributed by atoms with Crippen molar-refractivity contribution in [1.29, 1.82) is 0 Å².